The molecule has 0 aliphatic carbocycles. The van der Waals surface area contributed by atoms with Crippen LogP contribution in [-0.4, -0.2) is 53.1 Å². The average Bonchev–Trinajstić information content (AvgIpc) is 3.19. The van der Waals surface area contributed by atoms with Crippen LogP contribution in [0.15, 0.2) is 41.1 Å². The van der Waals surface area contributed by atoms with Crippen LogP contribution in [0.3, 0.4) is 0 Å². The molecule has 30 heavy (non-hydrogen) atoms. The lowest BCUT2D eigenvalue weighted by Gasteiger charge is -2.32. The third-order valence-electron chi connectivity index (χ3n) is 5.63. The van der Waals surface area contributed by atoms with Crippen molar-refractivity contribution in [2.75, 3.05) is 32.1 Å². The first kappa shape index (κ1) is 20.1. The van der Waals surface area contributed by atoms with Gasteiger partial charge in [-0.3, -0.25) is 4.79 Å². The minimum Gasteiger partial charge on any atom is -0.378 e. The van der Waals surface area contributed by atoms with E-state index in [0.29, 0.717) is 18.8 Å². The lowest BCUT2D eigenvalue weighted by molar-refractivity contribution is 0.0712. The highest BCUT2D eigenvalue weighted by Crippen LogP contribution is 2.34. The Morgan fingerprint density at radius 3 is 2.43 bits per heavy atom. The number of benzene rings is 1. The van der Waals surface area contributed by atoms with Crippen molar-refractivity contribution in [3.8, 4) is 11.3 Å². The molecule has 156 valence electrons. The summed E-state index contributed by atoms with van der Waals surface area (Å²) in [4.78, 5) is 26.0. The highest BCUT2D eigenvalue weighted by molar-refractivity contribution is 5.94. The first-order valence-electron chi connectivity index (χ1n) is 10.3. The molecular formula is C23H27N5O2. The fourth-order valence-electron chi connectivity index (χ4n) is 3.92. The maximum absolute atomic E-state index is 12.9. The summed E-state index contributed by atoms with van der Waals surface area (Å²) >= 11 is 0. The lowest BCUT2D eigenvalue weighted by Crippen LogP contribution is -2.38. The van der Waals surface area contributed by atoms with Gasteiger partial charge in [-0.25, -0.2) is 9.97 Å². The van der Waals surface area contributed by atoms with Gasteiger partial charge < -0.3 is 14.3 Å². The monoisotopic (exact) mass is 405 g/mol. The number of aryl methyl sites for hydroxylation is 2. The molecular weight excluding hydrogens is 378 g/mol. The molecule has 7 heteroatoms. The Morgan fingerprint density at radius 2 is 1.83 bits per heavy atom. The van der Waals surface area contributed by atoms with E-state index in [1.807, 2.05) is 74.3 Å². The second-order valence-electron chi connectivity index (χ2n) is 8.06. The SMILES string of the molecule is Cc1cc(-c2cnc(C)nc2C2CCN(C(=O)c3ccc(N(C)C)cc3)CC2)on1. The average molecular weight is 406 g/mol. The van der Waals surface area contributed by atoms with Crippen LogP contribution in [0.25, 0.3) is 11.3 Å². The minimum absolute atomic E-state index is 0.0868. The van der Waals surface area contributed by atoms with Crippen molar-refractivity contribution in [1.29, 1.82) is 0 Å². The predicted molar refractivity (Wildman–Crippen MR) is 116 cm³/mol. The standard InChI is InChI=1S/C23H27N5O2/c1-15-13-21(30-26-15)20-14-24-16(2)25-22(20)17-9-11-28(12-10-17)23(29)18-5-7-19(8-6-18)27(3)4/h5-8,13-14,17H,9-12H2,1-4H3. The molecule has 1 saturated heterocycles. The molecule has 0 bridgehead atoms. The largest absolute Gasteiger partial charge is 0.378 e. The van der Waals surface area contributed by atoms with Gasteiger partial charge in [-0.15, -0.1) is 0 Å². The summed E-state index contributed by atoms with van der Waals surface area (Å²) in [6.07, 6.45) is 3.54. The van der Waals surface area contributed by atoms with Crippen LogP contribution in [0.1, 0.15) is 46.3 Å². The normalized spacial score (nSPS) is 14.7. The maximum atomic E-state index is 12.9. The van der Waals surface area contributed by atoms with Gasteiger partial charge in [0.05, 0.1) is 17.0 Å². The highest BCUT2D eigenvalue weighted by atomic mass is 16.5. The van der Waals surface area contributed by atoms with E-state index in [4.69, 9.17) is 9.51 Å². The highest BCUT2D eigenvalue weighted by Gasteiger charge is 2.28. The van der Waals surface area contributed by atoms with Crippen molar-refractivity contribution in [1.82, 2.24) is 20.0 Å². The van der Waals surface area contributed by atoms with Crippen molar-refractivity contribution >= 4 is 11.6 Å². The first-order chi connectivity index (χ1) is 14.4. The van der Waals surface area contributed by atoms with Crippen LogP contribution in [0.4, 0.5) is 5.69 Å². The van der Waals surface area contributed by atoms with E-state index < -0.39 is 0 Å². The number of rotatable bonds is 4. The Kier molecular flexibility index (Phi) is 5.53. The molecule has 0 saturated carbocycles. The quantitative estimate of drug-likeness (QED) is 0.657. The number of piperidine rings is 1. The number of likely N-dealkylation sites (tertiary alicyclic amines) is 1. The molecule has 1 aromatic carbocycles. The van der Waals surface area contributed by atoms with Gasteiger partial charge in [-0.1, -0.05) is 5.16 Å². The second kappa shape index (κ2) is 8.26. The number of hydrogen-bond acceptors (Lipinski definition) is 6. The minimum atomic E-state index is 0.0868. The number of aromatic nitrogens is 3. The molecule has 1 aliphatic rings. The first-order valence-corrected chi connectivity index (χ1v) is 10.3. The van der Waals surface area contributed by atoms with Crippen LogP contribution in [0, 0.1) is 13.8 Å². The topological polar surface area (TPSA) is 75.4 Å². The van der Waals surface area contributed by atoms with E-state index in [2.05, 4.69) is 10.1 Å². The number of nitrogens with zero attached hydrogens (tertiary/aromatic N) is 5. The van der Waals surface area contributed by atoms with E-state index in [1.54, 1.807) is 0 Å². The molecule has 0 unspecified atom stereocenters. The van der Waals surface area contributed by atoms with Crippen molar-refractivity contribution in [3.05, 3.63) is 59.3 Å². The third kappa shape index (κ3) is 4.06. The summed E-state index contributed by atoms with van der Waals surface area (Å²) in [5.41, 5.74) is 4.53. The van der Waals surface area contributed by atoms with Crippen LogP contribution in [0.2, 0.25) is 0 Å². The molecule has 7 nitrogen and oxygen atoms in total. The zero-order valence-corrected chi connectivity index (χ0v) is 17.9. The van der Waals surface area contributed by atoms with Crippen LogP contribution < -0.4 is 4.90 Å². The van der Waals surface area contributed by atoms with E-state index in [0.717, 1.165) is 46.9 Å². The summed E-state index contributed by atoms with van der Waals surface area (Å²) in [5.74, 6) is 1.78. The van der Waals surface area contributed by atoms with Gasteiger partial charge in [0.1, 0.15) is 5.82 Å². The fraction of sp³-hybridized carbons (Fsp3) is 0.391. The molecule has 0 atom stereocenters. The molecule has 1 aliphatic heterocycles. The Labute approximate surface area is 176 Å². The molecule has 1 amide bonds. The van der Waals surface area contributed by atoms with Gasteiger partial charge in [-0.2, -0.15) is 0 Å². The molecule has 1 fully saturated rings. The molecule has 0 spiro atoms. The Balaban J connectivity index is 1.48. The number of amides is 1. The number of anilines is 1. The zero-order chi connectivity index (χ0) is 21.3. The van der Waals surface area contributed by atoms with Gasteiger partial charge in [-0.05, 0) is 51.0 Å². The van der Waals surface area contributed by atoms with Crippen molar-refractivity contribution in [2.45, 2.75) is 32.6 Å². The Hall–Kier alpha value is -3.22. The molecule has 3 heterocycles. The van der Waals surface area contributed by atoms with Gasteiger partial charge in [0.2, 0.25) is 0 Å². The molecule has 0 N–H and O–H groups in total. The van der Waals surface area contributed by atoms with E-state index in [1.165, 1.54) is 0 Å². The van der Waals surface area contributed by atoms with Crippen molar-refractivity contribution in [2.24, 2.45) is 0 Å². The number of carbonyl (C=O) groups excluding carboxylic acids is 1. The summed E-state index contributed by atoms with van der Waals surface area (Å²) < 4.78 is 5.47. The van der Waals surface area contributed by atoms with Gasteiger partial charge in [0.15, 0.2) is 5.76 Å². The Bertz CT molecular complexity index is 1030. The van der Waals surface area contributed by atoms with E-state index >= 15 is 0 Å². The maximum Gasteiger partial charge on any atom is 0.253 e. The van der Waals surface area contributed by atoms with E-state index in [9.17, 15) is 4.79 Å². The summed E-state index contributed by atoms with van der Waals surface area (Å²) in [5, 5.41) is 4.00. The number of carbonyl (C=O) groups is 1. The molecule has 0 radical (unpaired) electrons. The van der Waals surface area contributed by atoms with Gasteiger partial charge in [0, 0.05) is 56.6 Å². The van der Waals surface area contributed by atoms with Crippen LogP contribution in [-0.2, 0) is 0 Å². The summed E-state index contributed by atoms with van der Waals surface area (Å²) in [6.45, 7) is 5.21. The number of hydrogen-bond donors (Lipinski definition) is 0. The molecule has 2 aromatic heterocycles. The van der Waals surface area contributed by atoms with E-state index in [-0.39, 0.29) is 11.8 Å². The second-order valence-corrected chi connectivity index (χ2v) is 8.06. The predicted octanol–water partition coefficient (Wildman–Crippen LogP) is 3.83. The van der Waals surface area contributed by atoms with Gasteiger partial charge in [0.25, 0.3) is 5.91 Å². The smallest absolute Gasteiger partial charge is 0.253 e. The Morgan fingerprint density at radius 1 is 1.13 bits per heavy atom. The van der Waals surface area contributed by atoms with Crippen LogP contribution in [0.5, 0.6) is 0 Å². The summed E-state index contributed by atoms with van der Waals surface area (Å²) in [7, 11) is 3.98. The van der Waals surface area contributed by atoms with Crippen LogP contribution >= 0.6 is 0 Å². The zero-order valence-electron chi connectivity index (χ0n) is 17.9. The third-order valence-corrected chi connectivity index (χ3v) is 5.63. The fourth-order valence-corrected chi connectivity index (χ4v) is 3.92. The van der Waals surface area contributed by atoms with Gasteiger partial charge >= 0.3 is 0 Å². The molecule has 4 rings (SSSR count). The summed E-state index contributed by atoms with van der Waals surface area (Å²) in [6, 6.07) is 9.68. The van der Waals surface area contributed by atoms with Crippen molar-refractivity contribution in [3.63, 3.8) is 0 Å². The lowest BCUT2D eigenvalue weighted by atomic mass is 9.90. The van der Waals surface area contributed by atoms with Crippen molar-refractivity contribution < 1.29 is 9.32 Å². The molecule has 3 aromatic rings.